The monoisotopic (exact) mass is 185 g/mol. The maximum atomic E-state index is 12.8. The van der Waals surface area contributed by atoms with Gasteiger partial charge in [0.2, 0.25) is 0 Å². The van der Waals surface area contributed by atoms with Crippen molar-refractivity contribution in [3.8, 4) is 0 Å². The fourth-order valence-corrected chi connectivity index (χ4v) is 2.81. The molecule has 0 aromatic heterocycles. The lowest BCUT2D eigenvalue weighted by Crippen LogP contribution is -2.33. The Hall–Kier alpha value is -0.110. The highest BCUT2D eigenvalue weighted by Gasteiger charge is 2.49. The lowest BCUT2D eigenvalue weighted by atomic mass is 9.76. The predicted molar refractivity (Wildman–Crippen MR) is 52.4 cm³/mol. The van der Waals surface area contributed by atoms with E-state index < -0.39 is 0 Å². The quantitative estimate of drug-likeness (QED) is 0.712. The second-order valence-corrected chi connectivity index (χ2v) is 4.83. The summed E-state index contributed by atoms with van der Waals surface area (Å²) < 4.78 is 12.8. The van der Waals surface area contributed by atoms with Crippen LogP contribution in [0.1, 0.15) is 38.5 Å². The summed E-state index contributed by atoms with van der Waals surface area (Å²) in [6.45, 7) is -0.0676. The average Bonchev–Trinajstić information content (AvgIpc) is 2.99. The van der Waals surface area contributed by atoms with Gasteiger partial charge in [0.1, 0.15) is 0 Å². The highest BCUT2D eigenvalue weighted by atomic mass is 19.1. The van der Waals surface area contributed by atoms with Gasteiger partial charge in [0.15, 0.2) is 0 Å². The Morgan fingerprint density at radius 1 is 1.23 bits per heavy atom. The molecular weight excluding hydrogens is 165 g/mol. The molecule has 0 aromatic carbocycles. The number of halogens is 1. The molecule has 0 saturated heterocycles. The minimum Gasteiger partial charge on any atom is -0.317 e. The van der Waals surface area contributed by atoms with Crippen molar-refractivity contribution in [1.29, 1.82) is 0 Å². The van der Waals surface area contributed by atoms with Crippen LogP contribution < -0.4 is 5.32 Å². The van der Waals surface area contributed by atoms with Crippen LogP contribution in [0.4, 0.5) is 4.39 Å². The van der Waals surface area contributed by atoms with E-state index in [1.165, 1.54) is 25.7 Å². The Morgan fingerprint density at radius 3 is 2.23 bits per heavy atom. The third-order valence-corrected chi connectivity index (χ3v) is 4.16. The van der Waals surface area contributed by atoms with Crippen LogP contribution in [0.3, 0.4) is 0 Å². The molecular formula is C11H20FN. The molecule has 1 nitrogen and oxygen atoms in total. The lowest BCUT2D eigenvalue weighted by Gasteiger charge is -2.32. The largest absolute Gasteiger partial charge is 0.317 e. The van der Waals surface area contributed by atoms with Gasteiger partial charge >= 0.3 is 0 Å². The van der Waals surface area contributed by atoms with Crippen molar-refractivity contribution in [2.45, 2.75) is 44.6 Å². The second-order valence-electron chi connectivity index (χ2n) is 4.83. The van der Waals surface area contributed by atoms with Crippen LogP contribution in [0.25, 0.3) is 0 Å². The normalized spacial score (nSPS) is 37.4. The molecule has 2 aliphatic carbocycles. The van der Waals surface area contributed by atoms with E-state index in [1.54, 1.807) is 0 Å². The van der Waals surface area contributed by atoms with E-state index in [4.69, 9.17) is 0 Å². The van der Waals surface area contributed by atoms with Gasteiger partial charge in [-0.05, 0) is 51.5 Å². The van der Waals surface area contributed by atoms with Crippen molar-refractivity contribution in [1.82, 2.24) is 5.32 Å². The first-order valence-corrected chi connectivity index (χ1v) is 5.54. The summed E-state index contributed by atoms with van der Waals surface area (Å²) in [6.07, 6.45) is 7.30. The first-order chi connectivity index (χ1) is 6.30. The average molecular weight is 185 g/mol. The van der Waals surface area contributed by atoms with Gasteiger partial charge in [-0.1, -0.05) is 0 Å². The summed E-state index contributed by atoms with van der Waals surface area (Å²) >= 11 is 0. The van der Waals surface area contributed by atoms with Gasteiger partial charge in [0.25, 0.3) is 0 Å². The van der Waals surface area contributed by atoms with Crippen LogP contribution in [0.5, 0.6) is 0 Å². The first-order valence-electron chi connectivity index (χ1n) is 5.54. The zero-order valence-electron chi connectivity index (χ0n) is 8.48. The van der Waals surface area contributed by atoms with Crippen LogP contribution in [0.15, 0.2) is 0 Å². The predicted octanol–water partition coefficient (Wildman–Crippen LogP) is 2.51. The molecule has 2 fully saturated rings. The molecule has 0 amide bonds. The number of hydrogen-bond donors (Lipinski definition) is 1. The highest BCUT2D eigenvalue weighted by molar-refractivity contribution is 4.99. The van der Waals surface area contributed by atoms with E-state index in [1.807, 2.05) is 7.05 Å². The lowest BCUT2D eigenvalue weighted by molar-refractivity contribution is 0.169. The van der Waals surface area contributed by atoms with Gasteiger partial charge < -0.3 is 5.32 Å². The third kappa shape index (κ3) is 1.74. The van der Waals surface area contributed by atoms with Crippen LogP contribution in [0.2, 0.25) is 0 Å². The minimum absolute atomic E-state index is 0.0676. The summed E-state index contributed by atoms with van der Waals surface area (Å²) in [6, 6.07) is 0.701. The topological polar surface area (TPSA) is 12.0 Å². The highest BCUT2D eigenvalue weighted by Crippen LogP contribution is 2.56. The number of alkyl halides is 1. The number of hydrogen-bond acceptors (Lipinski definition) is 1. The first kappa shape index (κ1) is 9.45. The molecule has 2 saturated carbocycles. The smallest absolute Gasteiger partial charge is 0.0953 e. The van der Waals surface area contributed by atoms with Crippen molar-refractivity contribution in [3.63, 3.8) is 0 Å². The van der Waals surface area contributed by atoms with Crippen LogP contribution in [0, 0.1) is 11.3 Å². The molecule has 0 radical (unpaired) electrons. The fraction of sp³-hybridized carbons (Fsp3) is 1.00. The summed E-state index contributed by atoms with van der Waals surface area (Å²) in [5, 5.41) is 3.32. The molecule has 1 N–H and O–H groups in total. The van der Waals surface area contributed by atoms with Gasteiger partial charge in [-0.2, -0.15) is 0 Å². The van der Waals surface area contributed by atoms with Gasteiger partial charge in [0.05, 0.1) is 6.67 Å². The Morgan fingerprint density at radius 2 is 1.85 bits per heavy atom. The standard InChI is InChI=1S/C11H20FN/c1-13-10-4-2-9(3-5-10)11(8-12)6-7-11/h9-10,13H,2-8H2,1H3. The van der Waals surface area contributed by atoms with Crippen molar-refractivity contribution < 1.29 is 4.39 Å². The Labute approximate surface area is 80.1 Å². The van der Waals surface area contributed by atoms with Crippen LogP contribution >= 0.6 is 0 Å². The van der Waals surface area contributed by atoms with E-state index in [0.29, 0.717) is 12.0 Å². The van der Waals surface area contributed by atoms with Crippen molar-refractivity contribution in [3.05, 3.63) is 0 Å². The van der Waals surface area contributed by atoms with E-state index in [-0.39, 0.29) is 12.1 Å². The summed E-state index contributed by atoms with van der Waals surface area (Å²) in [5.74, 6) is 0.696. The Balaban J connectivity index is 1.84. The molecule has 0 aliphatic heterocycles. The zero-order valence-corrected chi connectivity index (χ0v) is 8.48. The van der Waals surface area contributed by atoms with Crippen LogP contribution in [-0.4, -0.2) is 19.8 Å². The Kier molecular flexibility index (Phi) is 2.59. The zero-order chi connectivity index (χ0) is 9.31. The Bertz CT molecular complexity index is 169. The summed E-state index contributed by atoms with van der Waals surface area (Å²) in [5.41, 5.74) is 0.151. The van der Waals surface area contributed by atoms with Gasteiger partial charge in [-0.15, -0.1) is 0 Å². The molecule has 76 valence electrons. The maximum absolute atomic E-state index is 12.8. The molecule has 2 heteroatoms. The van der Waals surface area contributed by atoms with Crippen LogP contribution in [-0.2, 0) is 0 Å². The molecule has 2 rings (SSSR count). The molecule has 0 heterocycles. The number of nitrogens with one attached hydrogen (secondary N) is 1. The fourth-order valence-electron chi connectivity index (χ4n) is 2.81. The summed E-state index contributed by atoms with van der Waals surface area (Å²) in [7, 11) is 2.03. The SMILES string of the molecule is CNC1CCC(C2(CF)CC2)CC1. The van der Waals surface area contributed by atoms with Crippen molar-refractivity contribution in [2.24, 2.45) is 11.3 Å². The second kappa shape index (κ2) is 3.56. The maximum Gasteiger partial charge on any atom is 0.0953 e. The van der Waals surface area contributed by atoms with E-state index in [0.717, 1.165) is 12.8 Å². The molecule has 13 heavy (non-hydrogen) atoms. The van der Waals surface area contributed by atoms with Crippen molar-refractivity contribution >= 4 is 0 Å². The molecule has 0 bridgehead atoms. The van der Waals surface area contributed by atoms with Gasteiger partial charge in [0, 0.05) is 11.5 Å². The van der Waals surface area contributed by atoms with Crippen molar-refractivity contribution in [2.75, 3.05) is 13.7 Å². The molecule has 0 aromatic rings. The van der Waals surface area contributed by atoms with E-state index in [9.17, 15) is 4.39 Å². The minimum atomic E-state index is -0.0676. The van der Waals surface area contributed by atoms with E-state index in [2.05, 4.69) is 5.32 Å². The number of rotatable bonds is 3. The van der Waals surface area contributed by atoms with Gasteiger partial charge in [-0.25, -0.2) is 0 Å². The molecule has 0 spiro atoms. The van der Waals surface area contributed by atoms with Gasteiger partial charge in [-0.3, -0.25) is 4.39 Å². The summed E-state index contributed by atoms with van der Waals surface area (Å²) in [4.78, 5) is 0. The molecule has 2 aliphatic rings. The third-order valence-electron chi connectivity index (χ3n) is 4.16. The van der Waals surface area contributed by atoms with E-state index >= 15 is 0 Å². The molecule has 0 unspecified atom stereocenters. The molecule has 0 atom stereocenters.